The number of hydrogen-bond acceptors (Lipinski definition) is 4. The molecule has 0 saturated heterocycles. The van der Waals surface area contributed by atoms with Crippen LogP contribution in [0, 0.1) is 0 Å². The Morgan fingerprint density at radius 3 is 2.81 bits per heavy atom. The van der Waals surface area contributed by atoms with Crippen LogP contribution in [0.1, 0.15) is 10.4 Å². The molecule has 0 fully saturated rings. The molecule has 110 valence electrons. The van der Waals surface area contributed by atoms with Gasteiger partial charge < -0.3 is 10.2 Å². The van der Waals surface area contributed by atoms with Gasteiger partial charge in [0.05, 0.1) is 6.54 Å². The fraction of sp³-hybridized carbons (Fsp3) is 0.267. The highest BCUT2D eigenvalue weighted by atomic mass is 16.1. The van der Waals surface area contributed by atoms with Gasteiger partial charge in [0, 0.05) is 44.2 Å². The highest BCUT2D eigenvalue weighted by Crippen LogP contribution is 2.13. The van der Waals surface area contributed by atoms with E-state index in [2.05, 4.69) is 10.4 Å². The Balaban J connectivity index is 1.95. The molecule has 0 spiro atoms. The van der Waals surface area contributed by atoms with Crippen molar-refractivity contribution in [1.82, 2.24) is 15.1 Å². The number of rotatable bonds is 5. The third-order valence-electron chi connectivity index (χ3n) is 3.02. The first-order chi connectivity index (χ1) is 10.1. The van der Waals surface area contributed by atoms with Gasteiger partial charge in [0.1, 0.15) is 0 Å². The average Bonchev–Trinajstić information content (AvgIpc) is 2.49. The number of carbonyl (C=O) groups excluding carboxylic acids is 1. The van der Waals surface area contributed by atoms with Gasteiger partial charge in [-0.15, -0.1) is 0 Å². The lowest BCUT2D eigenvalue weighted by Gasteiger charge is -2.13. The summed E-state index contributed by atoms with van der Waals surface area (Å²) in [5.74, 6) is -0.164. The molecule has 21 heavy (non-hydrogen) atoms. The Hall–Kier alpha value is -2.63. The fourth-order valence-electron chi connectivity index (χ4n) is 1.86. The largest absolute Gasteiger partial charge is 0.378 e. The van der Waals surface area contributed by atoms with E-state index in [4.69, 9.17) is 0 Å². The van der Waals surface area contributed by atoms with Crippen LogP contribution in [0.15, 0.2) is 47.4 Å². The lowest BCUT2D eigenvalue weighted by atomic mass is 10.2. The standard InChI is InChI=1S/C15H18N4O2/c1-18(2)13-6-3-5-12(11-13)15(21)16-9-10-19-14(20)7-4-8-17-19/h3-8,11H,9-10H2,1-2H3,(H,16,21). The first-order valence-corrected chi connectivity index (χ1v) is 6.65. The van der Waals surface area contributed by atoms with Crippen LogP contribution in [0.25, 0.3) is 0 Å². The number of carbonyl (C=O) groups is 1. The average molecular weight is 286 g/mol. The predicted molar refractivity (Wildman–Crippen MR) is 81.6 cm³/mol. The van der Waals surface area contributed by atoms with Gasteiger partial charge in [0.25, 0.3) is 11.5 Å². The van der Waals surface area contributed by atoms with E-state index in [1.54, 1.807) is 18.3 Å². The third kappa shape index (κ3) is 3.92. The summed E-state index contributed by atoms with van der Waals surface area (Å²) in [6, 6.07) is 10.4. The summed E-state index contributed by atoms with van der Waals surface area (Å²) in [4.78, 5) is 25.5. The van der Waals surface area contributed by atoms with E-state index < -0.39 is 0 Å². The van der Waals surface area contributed by atoms with Crippen molar-refractivity contribution in [2.45, 2.75) is 6.54 Å². The summed E-state index contributed by atoms with van der Waals surface area (Å²) in [5.41, 5.74) is 1.37. The molecule has 0 bridgehead atoms. The van der Waals surface area contributed by atoms with Crippen molar-refractivity contribution in [1.29, 1.82) is 0 Å². The Morgan fingerprint density at radius 2 is 2.10 bits per heavy atom. The molecule has 2 rings (SSSR count). The van der Waals surface area contributed by atoms with Gasteiger partial charge in [0.2, 0.25) is 0 Å². The molecule has 0 saturated carbocycles. The van der Waals surface area contributed by atoms with E-state index in [-0.39, 0.29) is 11.5 Å². The predicted octanol–water partition coefficient (Wildman–Crippen LogP) is 0.739. The number of amides is 1. The summed E-state index contributed by atoms with van der Waals surface area (Å²) in [5, 5.41) is 6.71. The maximum atomic E-state index is 12.1. The zero-order chi connectivity index (χ0) is 15.2. The van der Waals surface area contributed by atoms with Crippen molar-refractivity contribution in [3.63, 3.8) is 0 Å². The molecule has 6 heteroatoms. The minimum atomic E-state index is -0.179. The molecule has 0 aliphatic carbocycles. The van der Waals surface area contributed by atoms with Crippen LogP contribution in [-0.2, 0) is 6.54 Å². The van der Waals surface area contributed by atoms with Crippen molar-refractivity contribution < 1.29 is 4.79 Å². The van der Waals surface area contributed by atoms with Gasteiger partial charge in [-0.3, -0.25) is 9.59 Å². The highest BCUT2D eigenvalue weighted by molar-refractivity contribution is 5.95. The van der Waals surface area contributed by atoms with E-state index in [1.807, 2.05) is 37.2 Å². The van der Waals surface area contributed by atoms with Crippen LogP contribution >= 0.6 is 0 Å². The molecule has 1 heterocycles. The van der Waals surface area contributed by atoms with Crippen LogP contribution < -0.4 is 15.8 Å². The molecule has 2 aromatic rings. The maximum Gasteiger partial charge on any atom is 0.266 e. The number of benzene rings is 1. The third-order valence-corrected chi connectivity index (χ3v) is 3.02. The zero-order valence-electron chi connectivity index (χ0n) is 12.1. The minimum absolute atomic E-state index is 0.164. The van der Waals surface area contributed by atoms with Gasteiger partial charge >= 0.3 is 0 Å². The van der Waals surface area contributed by atoms with Crippen molar-refractivity contribution >= 4 is 11.6 Å². The molecule has 1 N–H and O–H groups in total. The van der Waals surface area contributed by atoms with E-state index >= 15 is 0 Å². The van der Waals surface area contributed by atoms with Crippen molar-refractivity contribution in [3.05, 3.63) is 58.5 Å². The summed E-state index contributed by atoms with van der Waals surface area (Å²) >= 11 is 0. The molecule has 0 aliphatic heterocycles. The van der Waals surface area contributed by atoms with Gasteiger partial charge in [-0.25, -0.2) is 4.68 Å². The van der Waals surface area contributed by atoms with Crippen LogP contribution in [0.5, 0.6) is 0 Å². The maximum absolute atomic E-state index is 12.1. The molecule has 0 unspecified atom stereocenters. The number of nitrogens with zero attached hydrogens (tertiary/aromatic N) is 3. The first kappa shape index (κ1) is 14.8. The van der Waals surface area contributed by atoms with Crippen LogP contribution in [0.3, 0.4) is 0 Å². The number of nitrogens with one attached hydrogen (secondary N) is 1. The Kier molecular flexibility index (Phi) is 4.71. The number of aromatic nitrogens is 2. The van der Waals surface area contributed by atoms with Crippen molar-refractivity contribution in [3.8, 4) is 0 Å². The van der Waals surface area contributed by atoms with Gasteiger partial charge in [-0.05, 0) is 24.3 Å². The molecule has 0 aliphatic rings. The second-order valence-corrected chi connectivity index (χ2v) is 4.79. The second kappa shape index (κ2) is 6.69. The topological polar surface area (TPSA) is 67.2 Å². The van der Waals surface area contributed by atoms with E-state index in [0.29, 0.717) is 18.7 Å². The smallest absolute Gasteiger partial charge is 0.266 e. The lowest BCUT2D eigenvalue weighted by Crippen LogP contribution is -2.31. The number of anilines is 1. The molecule has 1 aromatic carbocycles. The normalized spacial score (nSPS) is 10.2. The minimum Gasteiger partial charge on any atom is -0.378 e. The first-order valence-electron chi connectivity index (χ1n) is 6.65. The molecular formula is C15H18N4O2. The fourth-order valence-corrected chi connectivity index (χ4v) is 1.86. The van der Waals surface area contributed by atoms with Crippen LogP contribution in [0.4, 0.5) is 5.69 Å². The summed E-state index contributed by atoms with van der Waals surface area (Å²) < 4.78 is 1.32. The quantitative estimate of drug-likeness (QED) is 0.880. The monoisotopic (exact) mass is 286 g/mol. The van der Waals surface area contributed by atoms with Crippen molar-refractivity contribution in [2.75, 3.05) is 25.5 Å². The van der Waals surface area contributed by atoms with E-state index in [9.17, 15) is 9.59 Å². The molecule has 1 aromatic heterocycles. The Labute approximate surface area is 123 Å². The molecule has 1 amide bonds. The lowest BCUT2D eigenvalue weighted by molar-refractivity contribution is 0.0952. The summed E-state index contributed by atoms with van der Waals surface area (Å²) in [6.45, 7) is 0.695. The highest BCUT2D eigenvalue weighted by Gasteiger charge is 2.06. The summed E-state index contributed by atoms with van der Waals surface area (Å²) in [6.07, 6.45) is 1.55. The van der Waals surface area contributed by atoms with Gasteiger partial charge in [-0.1, -0.05) is 6.07 Å². The molecular weight excluding hydrogens is 268 g/mol. The van der Waals surface area contributed by atoms with E-state index in [0.717, 1.165) is 5.69 Å². The van der Waals surface area contributed by atoms with Crippen LogP contribution in [0.2, 0.25) is 0 Å². The van der Waals surface area contributed by atoms with Gasteiger partial charge in [0.15, 0.2) is 0 Å². The van der Waals surface area contributed by atoms with E-state index in [1.165, 1.54) is 10.7 Å². The number of hydrogen-bond donors (Lipinski definition) is 1. The zero-order valence-corrected chi connectivity index (χ0v) is 12.1. The SMILES string of the molecule is CN(C)c1cccc(C(=O)NCCn2ncccc2=O)c1. The Morgan fingerprint density at radius 1 is 1.29 bits per heavy atom. The molecule has 0 atom stereocenters. The van der Waals surface area contributed by atoms with Gasteiger partial charge in [-0.2, -0.15) is 5.10 Å². The second-order valence-electron chi connectivity index (χ2n) is 4.79. The molecule has 6 nitrogen and oxygen atoms in total. The van der Waals surface area contributed by atoms with Crippen molar-refractivity contribution in [2.24, 2.45) is 0 Å². The van der Waals surface area contributed by atoms with Crippen LogP contribution in [-0.4, -0.2) is 36.3 Å². The molecule has 0 radical (unpaired) electrons. The Bertz CT molecular complexity index is 679. The summed E-state index contributed by atoms with van der Waals surface area (Å²) in [7, 11) is 3.84.